The fourth-order valence-electron chi connectivity index (χ4n) is 4.67. The summed E-state index contributed by atoms with van der Waals surface area (Å²) in [6.07, 6.45) is -9.44. The molecule has 15 heteroatoms. The van der Waals surface area contributed by atoms with E-state index in [1.807, 2.05) is 6.07 Å². The van der Waals surface area contributed by atoms with Crippen LogP contribution >= 0.6 is 11.3 Å². The lowest BCUT2D eigenvalue weighted by Gasteiger charge is -2.41. The van der Waals surface area contributed by atoms with E-state index >= 15 is 13.2 Å². The third kappa shape index (κ3) is 5.51. The highest BCUT2D eigenvalue weighted by molar-refractivity contribution is 7.13. The number of aromatic nitrogens is 4. The number of halogens is 6. The molecule has 40 heavy (non-hydrogen) atoms. The van der Waals surface area contributed by atoms with Crippen LogP contribution in [-0.4, -0.2) is 52.6 Å². The number of tetrazole rings is 1. The molecule has 3 heterocycles. The predicted octanol–water partition coefficient (Wildman–Crippen LogP) is 5.76. The monoisotopic (exact) mass is 587 g/mol. The first-order valence-corrected chi connectivity index (χ1v) is 13.1. The molecule has 2 aromatic heterocycles. The summed E-state index contributed by atoms with van der Waals surface area (Å²) in [4.78, 5) is 14.9. The number of nitrogens with zero attached hydrogens (tertiary/aromatic N) is 3. The van der Waals surface area contributed by atoms with E-state index in [1.54, 1.807) is 6.07 Å². The molecule has 2 N–H and O–H groups in total. The van der Waals surface area contributed by atoms with Crippen molar-refractivity contribution in [1.82, 2.24) is 25.9 Å². The molecule has 8 nitrogen and oxygen atoms in total. The molecule has 1 aliphatic heterocycles. The van der Waals surface area contributed by atoms with E-state index in [0.29, 0.717) is 10.8 Å². The molecule has 1 saturated carbocycles. The zero-order valence-corrected chi connectivity index (χ0v) is 21.8. The number of carbonyl (C=O) groups excluding carboxylic acids is 1. The molecular formula is C25H23F6N5O3S. The topological polar surface area (TPSA) is 102 Å². The van der Waals surface area contributed by atoms with Gasteiger partial charge in [-0.25, -0.2) is 0 Å². The lowest BCUT2D eigenvalue weighted by atomic mass is 9.77. The number of alkyl halides is 6. The number of thiophene rings is 1. The van der Waals surface area contributed by atoms with E-state index in [0.717, 1.165) is 37.0 Å². The average Bonchev–Trinajstić information content (AvgIpc) is 3.37. The van der Waals surface area contributed by atoms with Crippen LogP contribution < -0.4 is 14.8 Å². The molecule has 2 aliphatic rings. The Hall–Kier alpha value is -3.62. The van der Waals surface area contributed by atoms with Crippen molar-refractivity contribution in [3.8, 4) is 11.5 Å². The van der Waals surface area contributed by atoms with E-state index in [-0.39, 0.29) is 47.1 Å². The number of rotatable bonds is 9. The maximum absolute atomic E-state index is 15.1. The largest absolute Gasteiger partial charge is 0.496 e. The normalized spacial score (nSPS) is 20.0. The van der Waals surface area contributed by atoms with Crippen molar-refractivity contribution in [2.45, 2.75) is 55.9 Å². The molecule has 5 rings (SSSR count). The average molecular weight is 588 g/mol. The SMILES string of the molecule is COc1cc(OCCCC(F)(F)F)ccc1C1(C(F)(F)F)CC(c2ccc(C3CC3)s2)=C(c2nn[nH]n2)C(=O)N1. The molecule has 1 aromatic carbocycles. The van der Waals surface area contributed by atoms with Crippen molar-refractivity contribution < 1.29 is 40.6 Å². The number of hydrogen-bond donors (Lipinski definition) is 2. The van der Waals surface area contributed by atoms with E-state index in [4.69, 9.17) is 9.47 Å². The Morgan fingerprint density at radius 2 is 1.90 bits per heavy atom. The highest BCUT2D eigenvalue weighted by Crippen LogP contribution is 2.53. The van der Waals surface area contributed by atoms with Crippen LogP contribution in [0, 0.1) is 0 Å². The minimum atomic E-state index is -4.99. The van der Waals surface area contributed by atoms with Crippen LogP contribution in [0.2, 0.25) is 0 Å². The Morgan fingerprint density at radius 1 is 1.12 bits per heavy atom. The first kappa shape index (κ1) is 27.9. The Labute approximate surface area is 227 Å². The first-order chi connectivity index (χ1) is 18.9. The van der Waals surface area contributed by atoms with Crippen LogP contribution in [0.3, 0.4) is 0 Å². The van der Waals surface area contributed by atoms with Gasteiger partial charge in [-0.05, 0) is 60.2 Å². The van der Waals surface area contributed by atoms with Crippen molar-refractivity contribution in [2.24, 2.45) is 0 Å². The van der Waals surface area contributed by atoms with Crippen LogP contribution in [0.4, 0.5) is 26.3 Å². The molecule has 1 unspecified atom stereocenters. The minimum Gasteiger partial charge on any atom is -0.496 e. The number of aromatic amines is 1. The lowest BCUT2D eigenvalue weighted by Crippen LogP contribution is -2.58. The van der Waals surface area contributed by atoms with Crippen LogP contribution in [0.5, 0.6) is 11.5 Å². The zero-order valence-electron chi connectivity index (χ0n) is 20.9. The number of H-pyrrole nitrogens is 1. The van der Waals surface area contributed by atoms with Gasteiger partial charge in [-0.1, -0.05) is 0 Å². The van der Waals surface area contributed by atoms with Crippen LogP contribution in [0.1, 0.15) is 59.2 Å². The van der Waals surface area contributed by atoms with Gasteiger partial charge in [-0.3, -0.25) is 4.79 Å². The summed E-state index contributed by atoms with van der Waals surface area (Å²) in [5, 5.41) is 15.5. The van der Waals surface area contributed by atoms with Crippen LogP contribution in [0.15, 0.2) is 30.3 Å². The van der Waals surface area contributed by atoms with Crippen LogP contribution in [-0.2, 0) is 10.3 Å². The van der Waals surface area contributed by atoms with Crippen molar-refractivity contribution in [2.75, 3.05) is 13.7 Å². The van der Waals surface area contributed by atoms with E-state index in [2.05, 4.69) is 25.9 Å². The summed E-state index contributed by atoms with van der Waals surface area (Å²) in [5.74, 6) is -1.06. The van der Waals surface area contributed by atoms with Crippen LogP contribution in [0.25, 0.3) is 11.1 Å². The second kappa shape index (κ2) is 10.4. The van der Waals surface area contributed by atoms with Crippen molar-refractivity contribution in [3.05, 3.63) is 51.5 Å². The number of benzene rings is 1. The maximum atomic E-state index is 15.1. The summed E-state index contributed by atoms with van der Waals surface area (Å²) in [6, 6.07) is 7.03. The van der Waals surface area contributed by atoms with Gasteiger partial charge in [0.1, 0.15) is 11.5 Å². The fraction of sp³-hybridized carbons (Fsp3) is 0.440. The molecule has 1 atom stereocenters. The van der Waals surface area contributed by atoms with Crippen molar-refractivity contribution in [1.29, 1.82) is 0 Å². The van der Waals surface area contributed by atoms with Gasteiger partial charge in [0, 0.05) is 34.2 Å². The molecule has 1 fully saturated rings. The minimum absolute atomic E-state index is 0.0258. The van der Waals surface area contributed by atoms with Gasteiger partial charge in [0.2, 0.25) is 5.82 Å². The van der Waals surface area contributed by atoms with Gasteiger partial charge >= 0.3 is 12.4 Å². The van der Waals surface area contributed by atoms with E-state index in [9.17, 15) is 18.0 Å². The Balaban J connectivity index is 1.55. The van der Waals surface area contributed by atoms with Gasteiger partial charge < -0.3 is 14.8 Å². The summed E-state index contributed by atoms with van der Waals surface area (Å²) in [6.45, 7) is -0.300. The lowest BCUT2D eigenvalue weighted by molar-refractivity contribution is -0.201. The smallest absolute Gasteiger partial charge is 0.416 e. The second-order valence-electron chi connectivity index (χ2n) is 9.53. The first-order valence-electron chi connectivity index (χ1n) is 12.3. The third-order valence-electron chi connectivity index (χ3n) is 6.76. The number of ether oxygens (including phenoxy) is 2. The van der Waals surface area contributed by atoms with Gasteiger partial charge in [0.15, 0.2) is 5.54 Å². The predicted molar refractivity (Wildman–Crippen MR) is 132 cm³/mol. The molecule has 1 amide bonds. The number of amides is 1. The molecule has 0 bridgehead atoms. The molecule has 3 aromatic rings. The molecule has 1 aliphatic carbocycles. The Bertz CT molecular complexity index is 1410. The summed E-state index contributed by atoms with van der Waals surface area (Å²) >= 11 is 1.32. The van der Waals surface area contributed by atoms with E-state index < -0.39 is 36.6 Å². The van der Waals surface area contributed by atoms with Crippen molar-refractivity contribution >= 4 is 28.4 Å². The quantitative estimate of drug-likeness (QED) is 0.244. The molecule has 0 spiro atoms. The molecular weight excluding hydrogens is 564 g/mol. The van der Waals surface area contributed by atoms with Gasteiger partial charge in [-0.15, -0.1) is 21.5 Å². The Morgan fingerprint density at radius 3 is 2.52 bits per heavy atom. The summed E-state index contributed by atoms with van der Waals surface area (Å²) in [7, 11) is 1.16. The van der Waals surface area contributed by atoms with E-state index in [1.165, 1.54) is 17.4 Å². The highest BCUT2D eigenvalue weighted by atomic mass is 32.1. The van der Waals surface area contributed by atoms with Crippen molar-refractivity contribution in [3.63, 3.8) is 0 Å². The second-order valence-corrected chi connectivity index (χ2v) is 10.6. The fourth-order valence-corrected chi connectivity index (χ4v) is 5.90. The number of carbonyl (C=O) groups is 1. The number of nitrogens with one attached hydrogen (secondary N) is 2. The third-order valence-corrected chi connectivity index (χ3v) is 8.07. The number of hydrogen-bond acceptors (Lipinski definition) is 7. The van der Waals surface area contributed by atoms with Gasteiger partial charge in [0.05, 0.1) is 19.3 Å². The zero-order chi connectivity index (χ0) is 28.7. The molecule has 0 saturated heterocycles. The maximum Gasteiger partial charge on any atom is 0.416 e. The highest BCUT2D eigenvalue weighted by Gasteiger charge is 2.61. The Kier molecular flexibility index (Phi) is 7.27. The van der Waals surface area contributed by atoms with Gasteiger partial charge in [-0.2, -0.15) is 31.6 Å². The molecule has 214 valence electrons. The molecule has 0 radical (unpaired) electrons. The summed E-state index contributed by atoms with van der Waals surface area (Å²) in [5.41, 5.74) is -3.31. The summed E-state index contributed by atoms with van der Waals surface area (Å²) < 4.78 is 93.1. The number of methoxy groups -OCH3 is 1. The van der Waals surface area contributed by atoms with Gasteiger partial charge in [0.25, 0.3) is 5.91 Å². The standard InChI is InChI=1S/C25H23F6N5O3S/c1-38-17-11-14(39-10-2-9-24(26,27)28)5-6-16(17)23(25(29,30)31)12-15(19-8-7-18(40-19)13-3-4-13)20(22(37)32-23)21-33-35-36-34-21/h5-8,11,13H,2-4,9-10,12H2,1H3,(H,32,37)(H,33,34,35,36).